The Bertz CT molecular complexity index is 167. The number of nitrogens with one attached hydrogen (secondary N) is 1. The molecule has 0 aromatic heterocycles. The van der Waals surface area contributed by atoms with E-state index in [4.69, 9.17) is 4.74 Å². The number of aliphatic imine (C=N–C) groups is 1. The highest BCUT2D eigenvalue weighted by Gasteiger charge is 2.14. The lowest BCUT2D eigenvalue weighted by Crippen LogP contribution is -2.24. The number of hydrogen-bond donors (Lipinski definition) is 1. The minimum Gasteiger partial charge on any atom is -0.377 e. The van der Waals surface area contributed by atoms with Gasteiger partial charge in [0.1, 0.15) is 0 Å². The molecule has 1 fully saturated rings. The van der Waals surface area contributed by atoms with Gasteiger partial charge in [0.25, 0.3) is 0 Å². The van der Waals surface area contributed by atoms with Gasteiger partial charge in [0, 0.05) is 26.5 Å². The van der Waals surface area contributed by atoms with E-state index in [1.807, 2.05) is 7.05 Å². The van der Waals surface area contributed by atoms with Gasteiger partial charge < -0.3 is 10.1 Å². The first kappa shape index (κ1) is 10.9. The first-order valence-corrected chi connectivity index (χ1v) is 5.74. The van der Waals surface area contributed by atoms with Crippen LogP contribution in [-0.2, 0) is 4.74 Å². The summed E-state index contributed by atoms with van der Waals surface area (Å²) >= 11 is 1.74. The molecule has 0 spiro atoms. The molecule has 1 aliphatic heterocycles. The summed E-state index contributed by atoms with van der Waals surface area (Å²) in [6, 6.07) is 0. The van der Waals surface area contributed by atoms with Crippen molar-refractivity contribution < 1.29 is 4.74 Å². The number of rotatable bonds is 2. The summed E-state index contributed by atoms with van der Waals surface area (Å²) < 4.78 is 5.61. The van der Waals surface area contributed by atoms with Gasteiger partial charge in [-0.2, -0.15) is 0 Å². The summed E-state index contributed by atoms with van der Waals surface area (Å²) in [6.45, 7) is 0.934. The quantitative estimate of drug-likeness (QED) is 0.544. The van der Waals surface area contributed by atoms with E-state index in [-0.39, 0.29) is 0 Å². The second kappa shape index (κ2) is 6.27. The van der Waals surface area contributed by atoms with Gasteiger partial charge in [0.05, 0.1) is 6.10 Å². The lowest BCUT2D eigenvalue weighted by atomic mass is 10.1. The van der Waals surface area contributed by atoms with E-state index in [0.29, 0.717) is 6.10 Å². The second-order valence-corrected chi connectivity index (χ2v) is 4.09. The standard InChI is InChI=1S/C9H18N2OS/c1-10-9(11-2)13-7-8-5-3-4-6-12-8/h8H,3-7H2,1-2H3,(H,10,11). The van der Waals surface area contributed by atoms with Crippen LogP contribution in [0.4, 0.5) is 0 Å². The number of nitrogens with zero attached hydrogens (tertiary/aromatic N) is 1. The molecule has 1 N–H and O–H groups in total. The van der Waals surface area contributed by atoms with Gasteiger partial charge in [0.15, 0.2) is 5.17 Å². The van der Waals surface area contributed by atoms with Gasteiger partial charge in [-0.1, -0.05) is 11.8 Å². The first-order chi connectivity index (χ1) is 6.36. The molecule has 13 heavy (non-hydrogen) atoms. The summed E-state index contributed by atoms with van der Waals surface area (Å²) in [5.74, 6) is 1.02. The Labute approximate surface area is 84.3 Å². The molecule has 0 saturated carbocycles. The smallest absolute Gasteiger partial charge is 0.156 e. The van der Waals surface area contributed by atoms with Gasteiger partial charge in [0.2, 0.25) is 0 Å². The Balaban J connectivity index is 2.16. The van der Waals surface area contributed by atoms with Crippen LogP contribution in [0.5, 0.6) is 0 Å². The van der Waals surface area contributed by atoms with Gasteiger partial charge in [-0.15, -0.1) is 0 Å². The van der Waals surface area contributed by atoms with Gasteiger partial charge in [-0.25, -0.2) is 0 Å². The maximum absolute atomic E-state index is 5.61. The Morgan fingerprint density at radius 3 is 3.00 bits per heavy atom. The van der Waals surface area contributed by atoms with Crippen LogP contribution in [0.25, 0.3) is 0 Å². The van der Waals surface area contributed by atoms with E-state index >= 15 is 0 Å². The van der Waals surface area contributed by atoms with Crippen molar-refractivity contribution in [3.05, 3.63) is 0 Å². The molecular formula is C9H18N2OS. The zero-order valence-electron chi connectivity index (χ0n) is 8.38. The summed E-state index contributed by atoms with van der Waals surface area (Å²) in [5, 5.41) is 4.04. The first-order valence-electron chi connectivity index (χ1n) is 4.75. The Morgan fingerprint density at radius 2 is 2.46 bits per heavy atom. The lowest BCUT2D eigenvalue weighted by molar-refractivity contribution is 0.0316. The maximum atomic E-state index is 5.61. The van der Waals surface area contributed by atoms with Crippen LogP contribution in [-0.4, -0.2) is 37.7 Å². The average molecular weight is 202 g/mol. The largest absolute Gasteiger partial charge is 0.377 e. The second-order valence-electron chi connectivity index (χ2n) is 3.08. The van der Waals surface area contributed by atoms with Crippen molar-refractivity contribution in [2.45, 2.75) is 25.4 Å². The molecule has 3 nitrogen and oxygen atoms in total. The fraction of sp³-hybridized carbons (Fsp3) is 0.889. The SMILES string of the molecule is CN=C(NC)SCC1CCCCO1. The third-order valence-corrected chi connectivity index (χ3v) is 3.30. The number of ether oxygens (including phenoxy) is 1. The minimum absolute atomic E-state index is 0.434. The molecule has 1 atom stereocenters. The molecule has 0 radical (unpaired) electrons. The predicted molar refractivity (Wildman–Crippen MR) is 58.5 cm³/mol. The fourth-order valence-electron chi connectivity index (χ4n) is 1.36. The van der Waals surface area contributed by atoms with Crippen molar-refractivity contribution in [2.75, 3.05) is 26.5 Å². The molecular weight excluding hydrogens is 184 g/mol. The van der Waals surface area contributed by atoms with Crippen molar-refractivity contribution in [1.82, 2.24) is 5.32 Å². The predicted octanol–water partition coefficient (Wildman–Crippen LogP) is 1.49. The molecule has 4 heteroatoms. The van der Waals surface area contributed by atoms with Crippen molar-refractivity contribution >= 4 is 16.9 Å². The van der Waals surface area contributed by atoms with Gasteiger partial charge in [-0.3, -0.25) is 4.99 Å². The summed E-state index contributed by atoms with van der Waals surface area (Å²) in [6.07, 6.45) is 4.17. The van der Waals surface area contributed by atoms with Gasteiger partial charge in [-0.05, 0) is 19.3 Å². The fourth-order valence-corrected chi connectivity index (χ4v) is 2.24. The van der Waals surface area contributed by atoms with Crippen LogP contribution < -0.4 is 5.32 Å². The minimum atomic E-state index is 0.434. The third-order valence-electron chi connectivity index (χ3n) is 2.10. The summed E-state index contributed by atoms with van der Waals surface area (Å²) in [5.41, 5.74) is 0. The molecule has 0 amide bonds. The molecule has 76 valence electrons. The van der Waals surface area contributed by atoms with Crippen molar-refractivity contribution in [3.63, 3.8) is 0 Å². The Morgan fingerprint density at radius 1 is 1.62 bits per heavy atom. The summed E-state index contributed by atoms with van der Waals surface area (Å²) in [4.78, 5) is 4.10. The maximum Gasteiger partial charge on any atom is 0.156 e. The Hall–Kier alpha value is -0.220. The monoisotopic (exact) mass is 202 g/mol. The van der Waals surface area contributed by atoms with Crippen LogP contribution in [0.2, 0.25) is 0 Å². The normalized spacial score (nSPS) is 24.5. The zero-order chi connectivity index (χ0) is 9.52. The van der Waals surface area contributed by atoms with Crippen molar-refractivity contribution in [3.8, 4) is 0 Å². The molecule has 0 aromatic rings. The van der Waals surface area contributed by atoms with E-state index in [2.05, 4.69) is 10.3 Å². The van der Waals surface area contributed by atoms with Crippen LogP contribution in [0.1, 0.15) is 19.3 Å². The van der Waals surface area contributed by atoms with E-state index in [9.17, 15) is 0 Å². The average Bonchev–Trinajstić information content (AvgIpc) is 2.21. The molecule has 1 heterocycles. The van der Waals surface area contributed by atoms with Crippen LogP contribution in [0.15, 0.2) is 4.99 Å². The van der Waals surface area contributed by atoms with E-state index in [0.717, 1.165) is 17.5 Å². The van der Waals surface area contributed by atoms with Crippen molar-refractivity contribution in [2.24, 2.45) is 4.99 Å². The lowest BCUT2D eigenvalue weighted by Gasteiger charge is -2.22. The zero-order valence-corrected chi connectivity index (χ0v) is 9.19. The van der Waals surface area contributed by atoms with Crippen LogP contribution in [0.3, 0.4) is 0 Å². The van der Waals surface area contributed by atoms with E-state index < -0.39 is 0 Å². The highest BCUT2D eigenvalue weighted by atomic mass is 32.2. The Kier molecular flexibility index (Phi) is 5.23. The molecule has 1 aliphatic rings. The molecule has 0 aliphatic carbocycles. The molecule has 0 bridgehead atoms. The van der Waals surface area contributed by atoms with Gasteiger partial charge >= 0.3 is 0 Å². The number of amidine groups is 1. The van der Waals surface area contributed by atoms with Crippen LogP contribution >= 0.6 is 11.8 Å². The highest BCUT2D eigenvalue weighted by molar-refractivity contribution is 8.13. The van der Waals surface area contributed by atoms with Crippen LogP contribution in [0, 0.1) is 0 Å². The van der Waals surface area contributed by atoms with E-state index in [1.165, 1.54) is 19.3 Å². The molecule has 1 unspecified atom stereocenters. The molecule has 0 aromatic carbocycles. The highest BCUT2D eigenvalue weighted by Crippen LogP contribution is 2.17. The van der Waals surface area contributed by atoms with Crippen molar-refractivity contribution in [1.29, 1.82) is 0 Å². The number of thioether (sulfide) groups is 1. The third kappa shape index (κ3) is 4.00. The molecule has 1 saturated heterocycles. The molecule has 1 rings (SSSR count). The number of hydrogen-bond acceptors (Lipinski definition) is 3. The van der Waals surface area contributed by atoms with E-state index in [1.54, 1.807) is 18.8 Å². The summed E-state index contributed by atoms with van der Waals surface area (Å²) in [7, 11) is 3.71. The topological polar surface area (TPSA) is 33.6 Å².